The first-order chi connectivity index (χ1) is 14.8. The first-order valence-corrected chi connectivity index (χ1v) is 9.92. The summed E-state index contributed by atoms with van der Waals surface area (Å²) in [5.41, 5.74) is 2.02. The number of aliphatic hydroxyl groups is 1. The summed E-state index contributed by atoms with van der Waals surface area (Å²) in [6.45, 7) is 2.54. The number of aliphatic hydroxyl groups excluding tert-OH is 1. The van der Waals surface area contributed by atoms with Crippen molar-refractivity contribution in [3.63, 3.8) is 0 Å². The smallest absolute Gasteiger partial charge is 0.295 e. The van der Waals surface area contributed by atoms with Crippen molar-refractivity contribution in [3.05, 3.63) is 77.0 Å². The molecule has 1 aromatic carbocycles. The van der Waals surface area contributed by atoms with Gasteiger partial charge in [0.1, 0.15) is 17.2 Å². The Hall–Kier alpha value is -3.52. The molecule has 0 bridgehead atoms. The third-order valence-corrected chi connectivity index (χ3v) is 5.44. The lowest BCUT2D eigenvalue weighted by molar-refractivity contribution is -0.140. The molecule has 1 N–H and O–H groups in total. The molecule has 7 nitrogen and oxygen atoms in total. The first-order valence-electron chi connectivity index (χ1n) is 9.92. The highest BCUT2D eigenvalue weighted by Gasteiger charge is 2.46. The van der Waals surface area contributed by atoms with E-state index in [1.54, 1.807) is 29.7 Å². The van der Waals surface area contributed by atoms with Gasteiger partial charge in [0.25, 0.3) is 11.7 Å². The molecule has 1 amide bonds. The molecule has 0 spiro atoms. The van der Waals surface area contributed by atoms with Gasteiger partial charge in [-0.05, 0) is 50.8 Å². The Morgan fingerprint density at radius 3 is 2.55 bits per heavy atom. The number of hydrogen-bond acceptors (Lipinski definition) is 5. The Kier molecular flexibility index (Phi) is 5.32. The standard InChI is InChI=1S/C23H23FN4O3/c1-14-19(27-11-5-4-6-17(27)25-14)21(29)18-20(15-7-9-16(24)10-8-15)28(13-12-26(2)3)23(31)22(18)30/h4-11,20,29H,12-13H2,1-3H3/b21-18+/t20-/m1/s1. The van der Waals surface area contributed by atoms with Crippen molar-refractivity contribution in [1.82, 2.24) is 19.2 Å². The number of pyridine rings is 1. The molecule has 4 rings (SSSR count). The number of imidazole rings is 1. The zero-order chi connectivity index (χ0) is 22.3. The van der Waals surface area contributed by atoms with Crippen LogP contribution in [0.2, 0.25) is 0 Å². The molecule has 3 aromatic rings. The number of aryl methyl sites for hydroxylation is 1. The molecular formula is C23H23FN4O3. The number of fused-ring (bicyclic) bond motifs is 1. The minimum Gasteiger partial charge on any atom is -0.505 e. The topological polar surface area (TPSA) is 78.1 Å². The molecule has 1 saturated heterocycles. The molecule has 1 aliphatic rings. The van der Waals surface area contributed by atoms with Gasteiger partial charge in [0.2, 0.25) is 0 Å². The van der Waals surface area contributed by atoms with Crippen LogP contribution in [0.4, 0.5) is 4.39 Å². The SMILES string of the molecule is Cc1nc2ccccn2c1/C(O)=C1\C(=O)C(=O)N(CCN(C)C)[C@@H]1c1ccc(F)cc1. The van der Waals surface area contributed by atoms with Gasteiger partial charge >= 0.3 is 0 Å². The van der Waals surface area contributed by atoms with E-state index in [2.05, 4.69) is 4.98 Å². The highest BCUT2D eigenvalue weighted by atomic mass is 19.1. The van der Waals surface area contributed by atoms with Crippen LogP contribution in [0.15, 0.2) is 54.2 Å². The van der Waals surface area contributed by atoms with Gasteiger partial charge in [-0.15, -0.1) is 0 Å². The maximum Gasteiger partial charge on any atom is 0.295 e. The third-order valence-electron chi connectivity index (χ3n) is 5.44. The highest BCUT2D eigenvalue weighted by Crippen LogP contribution is 2.39. The van der Waals surface area contributed by atoms with Crippen LogP contribution in [0, 0.1) is 12.7 Å². The zero-order valence-electron chi connectivity index (χ0n) is 17.5. The monoisotopic (exact) mass is 422 g/mol. The lowest BCUT2D eigenvalue weighted by atomic mass is 9.96. The second kappa shape index (κ2) is 7.96. The molecule has 0 radical (unpaired) electrons. The molecule has 1 fully saturated rings. The number of rotatable bonds is 5. The average molecular weight is 422 g/mol. The van der Waals surface area contributed by atoms with Crippen molar-refractivity contribution in [2.45, 2.75) is 13.0 Å². The second-order valence-electron chi connectivity index (χ2n) is 7.82. The Morgan fingerprint density at radius 1 is 1.16 bits per heavy atom. The first kappa shape index (κ1) is 20.7. The van der Waals surface area contributed by atoms with Crippen LogP contribution in [-0.4, -0.2) is 63.2 Å². The molecule has 8 heteroatoms. The number of benzene rings is 1. The van der Waals surface area contributed by atoms with Crippen molar-refractivity contribution in [3.8, 4) is 0 Å². The minimum absolute atomic E-state index is 0.0240. The largest absolute Gasteiger partial charge is 0.505 e. The predicted molar refractivity (Wildman–Crippen MR) is 114 cm³/mol. The Labute approximate surface area is 179 Å². The molecule has 160 valence electrons. The number of likely N-dealkylation sites (N-methyl/N-ethyl adjacent to an activating group) is 1. The molecule has 1 aliphatic heterocycles. The molecule has 0 saturated carbocycles. The Balaban J connectivity index is 1.92. The van der Waals surface area contributed by atoms with Crippen molar-refractivity contribution in [2.24, 2.45) is 0 Å². The summed E-state index contributed by atoms with van der Waals surface area (Å²) in [6, 6.07) is 10.2. The van der Waals surface area contributed by atoms with E-state index in [1.165, 1.54) is 29.2 Å². The van der Waals surface area contributed by atoms with Gasteiger partial charge in [-0.25, -0.2) is 9.37 Å². The number of hydrogen-bond donors (Lipinski definition) is 1. The van der Waals surface area contributed by atoms with Crippen molar-refractivity contribution in [2.75, 3.05) is 27.2 Å². The highest BCUT2D eigenvalue weighted by molar-refractivity contribution is 6.46. The van der Waals surface area contributed by atoms with E-state index >= 15 is 0 Å². The quantitative estimate of drug-likeness (QED) is 0.389. The van der Waals surface area contributed by atoms with Crippen LogP contribution in [-0.2, 0) is 9.59 Å². The summed E-state index contributed by atoms with van der Waals surface area (Å²) in [4.78, 5) is 33.8. The van der Waals surface area contributed by atoms with Crippen LogP contribution >= 0.6 is 0 Å². The Bertz CT molecular complexity index is 1200. The van der Waals surface area contributed by atoms with Crippen LogP contribution in [0.1, 0.15) is 23.0 Å². The number of ketones is 1. The number of halogens is 1. The lowest BCUT2D eigenvalue weighted by Crippen LogP contribution is -2.35. The molecule has 0 unspecified atom stereocenters. The predicted octanol–water partition coefficient (Wildman–Crippen LogP) is 2.77. The molecule has 0 aliphatic carbocycles. The number of amides is 1. The normalized spacial score (nSPS) is 18.5. The van der Waals surface area contributed by atoms with Crippen LogP contribution in [0.3, 0.4) is 0 Å². The maximum absolute atomic E-state index is 13.6. The Morgan fingerprint density at radius 2 is 1.87 bits per heavy atom. The summed E-state index contributed by atoms with van der Waals surface area (Å²) in [7, 11) is 3.73. The van der Waals surface area contributed by atoms with Crippen molar-refractivity contribution in [1.29, 1.82) is 0 Å². The second-order valence-corrected chi connectivity index (χ2v) is 7.82. The molecule has 3 heterocycles. The molecule has 2 aromatic heterocycles. The van der Waals surface area contributed by atoms with Gasteiger partial charge in [0.05, 0.1) is 17.3 Å². The van der Waals surface area contributed by atoms with E-state index in [9.17, 15) is 19.1 Å². The number of carbonyl (C=O) groups is 2. The number of nitrogens with zero attached hydrogens (tertiary/aromatic N) is 4. The zero-order valence-corrected chi connectivity index (χ0v) is 17.5. The fourth-order valence-electron chi connectivity index (χ4n) is 3.94. The van der Waals surface area contributed by atoms with E-state index in [0.29, 0.717) is 29.1 Å². The molecular weight excluding hydrogens is 399 g/mol. The lowest BCUT2D eigenvalue weighted by Gasteiger charge is -2.26. The fraction of sp³-hybridized carbons (Fsp3) is 0.261. The van der Waals surface area contributed by atoms with Gasteiger partial charge in [-0.1, -0.05) is 18.2 Å². The summed E-state index contributed by atoms with van der Waals surface area (Å²) >= 11 is 0. The molecule has 1 atom stereocenters. The van der Waals surface area contributed by atoms with Crippen LogP contribution in [0.25, 0.3) is 11.4 Å². The van der Waals surface area contributed by atoms with E-state index in [4.69, 9.17) is 0 Å². The summed E-state index contributed by atoms with van der Waals surface area (Å²) in [6.07, 6.45) is 1.74. The van der Waals surface area contributed by atoms with E-state index < -0.39 is 23.5 Å². The van der Waals surface area contributed by atoms with E-state index in [0.717, 1.165) is 0 Å². The number of likely N-dealkylation sites (tertiary alicyclic amines) is 1. The van der Waals surface area contributed by atoms with Crippen molar-refractivity contribution < 1.29 is 19.1 Å². The van der Waals surface area contributed by atoms with Crippen LogP contribution < -0.4 is 0 Å². The summed E-state index contributed by atoms with van der Waals surface area (Å²) in [5.74, 6) is -2.18. The number of aromatic nitrogens is 2. The summed E-state index contributed by atoms with van der Waals surface area (Å²) < 4.78 is 15.2. The van der Waals surface area contributed by atoms with Crippen LogP contribution in [0.5, 0.6) is 0 Å². The van der Waals surface area contributed by atoms with E-state index in [-0.39, 0.29) is 17.9 Å². The van der Waals surface area contributed by atoms with Gasteiger partial charge in [-0.2, -0.15) is 0 Å². The number of carbonyl (C=O) groups excluding carboxylic acids is 2. The van der Waals surface area contributed by atoms with Gasteiger partial charge in [0, 0.05) is 19.3 Å². The maximum atomic E-state index is 13.6. The van der Waals surface area contributed by atoms with Gasteiger partial charge in [-0.3, -0.25) is 14.0 Å². The molecule has 31 heavy (non-hydrogen) atoms. The van der Waals surface area contributed by atoms with Crippen molar-refractivity contribution >= 4 is 23.1 Å². The van der Waals surface area contributed by atoms with E-state index in [1.807, 2.05) is 25.1 Å². The summed E-state index contributed by atoms with van der Waals surface area (Å²) in [5, 5.41) is 11.3. The van der Waals surface area contributed by atoms with Gasteiger partial charge in [0.15, 0.2) is 5.76 Å². The minimum atomic E-state index is -0.825. The third kappa shape index (κ3) is 3.59. The van der Waals surface area contributed by atoms with Gasteiger partial charge < -0.3 is 14.9 Å². The average Bonchev–Trinajstić information content (AvgIpc) is 3.20. The fourth-order valence-corrected chi connectivity index (χ4v) is 3.94. The number of Topliss-reactive ketones (excluding diaryl/α,β-unsaturated/α-hetero) is 1.